The van der Waals surface area contributed by atoms with Crippen molar-refractivity contribution in [2.45, 2.75) is 10.9 Å². The van der Waals surface area contributed by atoms with Crippen molar-refractivity contribution < 1.29 is 35.6 Å². The van der Waals surface area contributed by atoms with E-state index in [9.17, 15) is 21.6 Å². The molecule has 15 heteroatoms. The Morgan fingerprint density at radius 1 is 1.35 bits per heavy atom. The van der Waals surface area contributed by atoms with Crippen molar-refractivity contribution in [2.24, 2.45) is 0 Å². The lowest BCUT2D eigenvalue weighted by molar-refractivity contribution is -0.0183. The monoisotopic (exact) mass is 409 g/mol. The van der Waals surface area contributed by atoms with Crippen LogP contribution < -0.4 is 4.72 Å². The zero-order valence-corrected chi connectivity index (χ0v) is 14.7. The average Bonchev–Trinajstić information content (AvgIpc) is 3.13. The Labute approximate surface area is 148 Å². The first-order chi connectivity index (χ1) is 12.1. The Hall–Kier alpha value is -2.04. The van der Waals surface area contributed by atoms with Crippen LogP contribution in [0.25, 0.3) is 5.70 Å². The Kier molecular flexibility index (Phi) is 4.76. The van der Waals surface area contributed by atoms with Crippen molar-refractivity contribution in [2.75, 3.05) is 26.2 Å². The summed E-state index contributed by atoms with van der Waals surface area (Å²) in [6.45, 7) is -0.336. The van der Waals surface area contributed by atoms with Gasteiger partial charge in [0, 0.05) is 13.1 Å². The molecule has 1 atom stereocenters. The van der Waals surface area contributed by atoms with Crippen LogP contribution in [0.5, 0.6) is 0 Å². The molecule has 0 radical (unpaired) electrons. The Morgan fingerprint density at radius 3 is 2.73 bits per heavy atom. The number of nitrogens with one attached hydrogen (secondary N) is 1. The van der Waals surface area contributed by atoms with Crippen LogP contribution in [0, 0.1) is 0 Å². The first-order valence-electron chi connectivity index (χ1n) is 7.22. The Balaban J connectivity index is 1.84. The predicted molar refractivity (Wildman–Crippen MR) is 84.0 cm³/mol. The standard InChI is InChI=1S/C11H15N5O8S2/c17-2-1-13-25(19,20)10-4-12-15(7-10)8-3-9-6-14(5-8)11(18)16(9)24-26(21,22)23/h3-4,7,9,13,17H,1-2,5-6H2,(H,21,22,23). The fraction of sp³-hybridized carbons (Fsp3) is 0.455. The van der Waals surface area contributed by atoms with Crippen LogP contribution in [-0.4, -0.2) is 84.6 Å². The van der Waals surface area contributed by atoms with Gasteiger partial charge in [0.15, 0.2) is 0 Å². The molecule has 2 aliphatic rings. The Bertz CT molecular complexity index is 953. The minimum Gasteiger partial charge on any atom is -0.395 e. The second-order valence-electron chi connectivity index (χ2n) is 5.46. The third-order valence-corrected chi connectivity index (χ3v) is 5.41. The van der Waals surface area contributed by atoms with E-state index in [1.165, 1.54) is 21.9 Å². The maximum absolute atomic E-state index is 12.1. The number of rotatable bonds is 7. The minimum atomic E-state index is -4.87. The summed E-state index contributed by atoms with van der Waals surface area (Å²) in [5.74, 6) is 0. The molecule has 1 aromatic rings. The number of hydrogen-bond acceptors (Lipinski definition) is 8. The zero-order chi connectivity index (χ0) is 19.1. The van der Waals surface area contributed by atoms with E-state index in [4.69, 9.17) is 9.66 Å². The number of aliphatic hydroxyl groups excluding tert-OH is 1. The molecule has 0 aliphatic carbocycles. The van der Waals surface area contributed by atoms with Gasteiger partial charge in [0.2, 0.25) is 10.0 Å². The van der Waals surface area contributed by atoms with Gasteiger partial charge in [0.1, 0.15) is 10.9 Å². The largest absolute Gasteiger partial charge is 0.418 e. The molecule has 3 N–H and O–H groups in total. The number of aromatic nitrogens is 2. The van der Waals surface area contributed by atoms with E-state index in [1.807, 2.05) is 0 Å². The van der Waals surface area contributed by atoms with Gasteiger partial charge in [-0.3, -0.25) is 4.55 Å². The molecular formula is C11H15N5O8S2. The highest BCUT2D eigenvalue weighted by molar-refractivity contribution is 7.89. The first-order valence-corrected chi connectivity index (χ1v) is 10.1. The number of sulfonamides is 1. The molecular weight excluding hydrogens is 394 g/mol. The Morgan fingerprint density at radius 2 is 2.08 bits per heavy atom. The number of carbonyl (C=O) groups excluding carboxylic acids is 1. The summed E-state index contributed by atoms with van der Waals surface area (Å²) in [6, 6.07) is -1.56. The molecule has 0 aromatic carbocycles. The quantitative estimate of drug-likeness (QED) is 0.425. The molecule has 0 spiro atoms. The van der Waals surface area contributed by atoms with Gasteiger partial charge in [0.25, 0.3) is 0 Å². The molecule has 1 aromatic heterocycles. The smallest absolute Gasteiger partial charge is 0.395 e. The van der Waals surface area contributed by atoms with Crippen molar-refractivity contribution in [1.82, 2.24) is 24.5 Å². The number of hydroxylamine groups is 2. The number of aliphatic hydroxyl groups is 1. The third-order valence-electron chi connectivity index (χ3n) is 3.65. The van der Waals surface area contributed by atoms with Crippen LogP contribution in [0.15, 0.2) is 23.4 Å². The van der Waals surface area contributed by atoms with Crippen LogP contribution in [-0.2, 0) is 24.7 Å². The molecule has 1 saturated heterocycles. The van der Waals surface area contributed by atoms with Crippen LogP contribution in [0.1, 0.15) is 0 Å². The average molecular weight is 409 g/mol. The minimum absolute atomic E-state index is 0.0336. The molecule has 3 heterocycles. The number of nitrogens with zero attached hydrogens (tertiary/aromatic N) is 4. The second kappa shape index (κ2) is 6.60. The number of urea groups is 1. The summed E-state index contributed by atoms with van der Waals surface area (Å²) >= 11 is 0. The highest BCUT2D eigenvalue weighted by Crippen LogP contribution is 2.27. The van der Waals surface area contributed by atoms with Crippen molar-refractivity contribution >= 4 is 32.2 Å². The maximum Gasteiger partial charge on any atom is 0.418 e. The highest BCUT2D eigenvalue weighted by atomic mass is 32.3. The van der Waals surface area contributed by atoms with E-state index in [2.05, 4.69) is 14.1 Å². The van der Waals surface area contributed by atoms with Gasteiger partial charge in [-0.25, -0.2) is 22.6 Å². The molecule has 2 bridgehead atoms. The van der Waals surface area contributed by atoms with Crippen LogP contribution in [0.3, 0.4) is 0 Å². The van der Waals surface area contributed by atoms with Crippen LogP contribution in [0.2, 0.25) is 0 Å². The summed E-state index contributed by atoms with van der Waals surface area (Å²) in [4.78, 5) is 13.2. The van der Waals surface area contributed by atoms with Gasteiger partial charge in [-0.15, -0.1) is 4.28 Å². The third kappa shape index (κ3) is 3.71. The van der Waals surface area contributed by atoms with Gasteiger partial charge in [-0.1, -0.05) is 0 Å². The second-order valence-corrected chi connectivity index (χ2v) is 8.23. The summed E-state index contributed by atoms with van der Waals surface area (Å²) in [5.41, 5.74) is 0.416. The van der Waals surface area contributed by atoms with E-state index in [0.29, 0.717) is 10.8 Å². The van der Waals surface area contributed by atoms with Gasteiger partial charge in [-0.05, 0) is 6.08 Å². The molecule has 0 saturated carbocycles. The lowest BCUT2D eigenvalue weighted by Crippen LogP contribution is -2.35. The molecule has 3 rings (SSSR count). The van der Waals surface area contributed by atoms with Crippen molar-refractivity contribution in [3.8, 4) is 0 Å². The number of amides is 2. The lowest BCUT2D eigenvalue weighted by Gasteiger charge is -2.20. The molecule has 13 nitrogen and oxygen atoms in total. The number of fused-ring (bicyclic) bond motifs is 2. The predicted octanol–water partition coefficient (Wildman–Crippen LogP) is -2.15. The van der Waals surface area contributed by atoms with Crippen LogP contribution in [0.4, 0.5) is 4.79 Å². The molecule has 2 aliphatic heterocycles. The normalized spacial score (nSPS) is 20.6. The summed E-state index contributed by atoms with van der Waals surface area (Å²) in [7, 11) is -8.71. The highest BCUT2D eigenvalue weighted by Gasteiger charge is 2.43. The van der Waals surface area contributed by atoms with E-state index in [1.54, 1.807) is 0 Å². The van der Waals surface area contributed by atoms with Gasteiger partial charge >= 0.3 is 16.4 Å². The van der Waals surface area contributed by atoms with Crippen molar-refractivity contribution in [1.29, 1.82) is 0 Å². The topological polar surface area (TPSA) is 171 Å². The van der Waals surface area contributed by atoms with Crippen LogP contribution >= 0.6 is 0 Å². The van der Waals surface area contributed by atoms with Gasteiger partial charge in [0.05, 0.1) is 31.2 Å². The zero-order valence-electron chi connectivity index (χ0n) is 13.1. The first kappa shape index (κ1) is 18.7. The lowest BCUT2D eigenvalue weighted by atomic mass is 10.2. The molecule has 1 unspecified atom stereocenters. The molecule has 26 heavy (non-hydrogen) atoms. The van der Waals surface area contributed by atoms with Crippen molar-refractivity contribution in [3.05, 3.63) is 18.5 Å². The summed E-state index contributed by atoms with van der Waals surface area (Å²) in [6.07, 6.45) is 3.80. The van der Waals surface area contributed by atoms with Crippen molar-refractivity contribution in [3.63, 3.8) is 0 Å². The van der Waals surface area contributed by atoms with E-state index in [0.717, 1.165) is 6.20 Å². The molecule has 2 amide bonds. The van der Waals surface area contributed by atoms with Gasteiger partial charge in [-0.2, -0.15) is 18.6 Å². The fourth-order valence-corrected chi connectivity index (χ4v) is 3.91. The van der Waals surface area contributed by atoms with E-state index in [-0.39, 0.29) is 31.1 Å². The number of hydrogen-bond donors (Lipinski definition) is 3. The number of carbonyl (C=O) groups is 1. The van der Waals surface area contributed by atoms with E-state index < -0.39 is 32.5 Å². The fourth-order valence-electron chi connectivity index (χ4n) is 2.59. The molecule has 144 valence electrons. The summed E-state index contributed by atoms with van der Waals surface area (Å²) in [5, 5.41) is 13.2. The SMILES string of the molecule is O=C1N2CC(n3cc(S(=O)(=O)NCCO)cn3)=CC(C2)N1OS(=O)(=O)O. The molecule has 1 fully saturated rings. The summed E-state index contributed by atoms with van der Waals surface area (Å²) < 4.78 is 62.2. The maximum atomic E-state index is 12.1. The van der Waals surface area contributed by atoms with Gasteiger partial charge < -0.3 is 10.0 Å². The van der Waals surface area contributed by atoms with E-state index >= 15 is 0 Å².